The number of sulfonamides is 1. The van der Waals surface area contributed by atoms with Gasteiger partial charge in [0.2, 0.25) is 15.9 Å². The zero-order valence-corrected chi connectivity index (χ0v) is 30.2. The Morgan fingerprint density at radius 2 is 1.49 bits per heavy atom. The lowest BCUT2D eigenvalue weighted by molar-refractivity contribution is -0.137. The summed E-state index contributed by atoms with van der Waals surface area (Å²) in [4.78, 5) is 38.6. The van der Waals surface area contributed by atoms with E-state index in [1.807, 2.05) is 26.0 Å². The summed E-state index contributed by atoms with van der Waals surface area (Å²) in [6.07, 6.45) is -3.63. The summed E-state index contributed by atoms with van der Waals surface area (Å²) in [5.41, 5.74) is 2.14. The molecular weight excluding hydrogens is 707 g/mol. The van der Waals surface area contributed by atoms with Crippen LogP contribution in [-0.2, 0) is 46.1 Å². The fourth-order valence-corrected chi connectivity index (χ4v) is 6.62. The van der Waals surface area contributed by atoms with Gasteiger partial charge in [0.25, 0.3) is 5.56 Å². The van der Waals surface area contributed by atoms with Crippen LogP contribution in [0.3, 0.4) is 0 Å². The monoisotopic (exact) mass is 747 g/mol. The number of hydrogen-bond acceptors (Lipinski definition) is 7. The number of carbonyl (C=O) groups excluding carboxylic acids is 1. The van der Waals surface area contributed by atoms with Crippen LogP contribution in [-0.4, -0.2) is 73.1 Å². The van der Waals surface area contributed by atoms with Crippen LogP contribution in [0.15, 0.2) is 82.7 Å². The van der Waals surface area contributed by atoms with E-state index in [2.05, 4.69) is 19.6 Å². The first-order valence-corrected chi connectivity index (χ1v) is 19.2. The molecule has 15 heteroatoms. The Labute approximate surface area is 299 Å². The molecule has 0 radical (unpaired) electrons. The number of alkyl halides is 3. The van der Waals surface area contributed by atoms with Crippen LogP contribution in [0.4, 0.5) is 17.6 Å². The highest BCUT2D eigenvalue weighted by atomic mass is 32.2. The normalized spacial score (nSPS) is 12.0. The molecule has 1 amide bonds. The fourth-order valence-electron chi connectivity index (χ4n) is 5.31. The minimum Gasteiger partial charge on any atom is -0.337 e. The predicted molar refractivity (Wildman–Crippen MR) is 191 cm³/mol. The van der Waals surface area contributed by atoms with Gasteiger partial charge in [-0.25, -0.2) is 22.5 Å². The Bertz CT molecular complexity index is 1920. The molecule has 274 valence electrons. The number of aromatic nitrogens is 2. The number of nitrogens with one attached hydrogen (secondary N) is 2. The van der Waals surface area contributed by atoms with Crippen molar-refractivity contribution in [1.29, 1.82) is 0 Å². The summed E-state index contributed by atoms with van der Waals surface area (Å²) in [5.74, 6) is -0.285. The highest BCUT2D eigenvalue weighted by molar-refractivity contribution is 7.98. The van der Waals surface area contributed by atoms with E-state index in [9.17, 15) is 35.6 Å². The number of likely N-dealkylation sites (N-methyl/N-ethyl adjacent to an activating group) is 1. The van der Waals surface area contributed by atoms with E-state index >= 15 is 0 Å². The lowest BCUT2D eigenvalue weighted by atomic mass is 10.0. The molecule has 0 saturated heterocycles. The second-order valence-electron chi connectivity index (χ2n) is 11.9. The number of H-pyrrole nitrogens is 1. The van der Waals surface area contributed by atoms with Gasteiger partial charge in [-0.3, -0.25) is 9.59 Å². The van der Waals surface area contributed by atoms with Gasteiger partial charge >= 0.3 is 6.18 Å². The Hall–Kier alpha value is -4.05. The van der Waals surface area contributed by atoms with Gasteiger partial charge in [0.1, 0.15) is 5.82 Å². The van der Waals surface area contributed by atoms with Crippen LogP contribution in [0, 0.1) is 5.82 Å². The minimum atomic E-state index is -4.43. The number of carbonyl (C=O) groups is 1. The van der Waals surface area contributed by atoms with Crippen LogP contribution in [0.25, 0.3) is 11.1 Å². The molecule has 0 bridgehead atoms. The summed E-state index contributed by atoms with van der Waals surface area (Å²) < 4.78 is 78.3. The second kappa shape index (κ2) is 17.9. The molecule has 0 unspecified atom stereocenters. The van der Waals surface area contributed by atoms with Gasteiger partial charge in [-0.1, -0.05) is 74.1 Å². The van der Waals surface area contributed by atoms with E-state index in [0.717, 1.165) is 48.2 Å². The van der Waals surface area contributed by atoms with Crippen LogP contribution >= 0.6 is 11.8 Å². The number of halogens is 4. The van der Waals surface area contributed by atoms with Crippen molar-refractivity contribution < 1.29 is 30.8 Å². The predicted octanol–water partition coefficient (Wildman–Crippen LogP) is 5.89. The molecule has 1 heterocycles. The molecule has 3 aromatic carbocycles. The summed E-state index contributed by atoms with van der Waals surface area (Å²) in [7, 11) is -3.53. The smallest absolute Gasteiger partial charge is 0.337 e. The average molecular weight is 748 g/mol. The van der Waals surface area contributed by atoms with Crippen LogP contribution in [0.2, 0.25) is 0 Å². The zero-order chi connectivity index (χ0) is 37.2. The molecule has 2 N–H and O–H groups in total. The molecule has 4 rings (SSSR count). The van der Waals surface area contributed by atoms with E-state index in [1.165, 1.54) is 36.0 Å². The van der Waals surface area contributed by atoms with Crippen molar-refractivity contribution in [2.24, 2.45) is 0 Å². The average Bonchev–Trinajstić information content (AvgIpc) is 3.08. The Morgan fingerprint density at radius 3 is 2.06 bits per heavy atom. The fraction of sp³-hybridized carbons (Fsp3) is 0.361. The third-order valence-corrected chi connectivity index (χ3v) is 9.91. The van der Waals surface area contributed by atoms with Gasteiger partial charge in [-0.05, 0) is 66.0 Å². The van der Waals surface area contributed by atoms with E-state index in [1.54, 1.807) is 29.2 Å². The first-order valence-electron chi connectivity index (χ1n) is 16.4. The van der Waals surface area contributed by atoms with Crippen molar-refractivity contribution in [2.75, 3.05) is 39.0 Å². The second-order valence-corrected chi connectivity index (χ2v) is 14.7. The van der Waals surface area contributed by atoms with E-state index in [0.29, 0.717) is 24.4 Å². The zero-order valence-electron chi connectivity index (χ0n) is 28.6. The topological polar surface area (TPSA) is 115 Å². The van der Waals surface area contributed by atoms with Gasteiger partial charge in [0.05, 0.1) is 23.9 Å². The van der Waals surface area contributed by atoms with E-state index in [4.69, 9.17) is 0 Å². The highest BCUT2D eigenvalue weighted by Gasteiger charge is 2.30. The van der Waals surface area contributed by atoms with Gasteiger partial charge in [-0.2, -0.15) is 13.2 Å². The Balaban J connectivity index is 1.58. The summed E-state index contributed by atoms with van der Waals surface area (Å²) >= 11 is 1.22. The third-order valence-electron chi connectivity index (χ3n) is 8.23. The first kappa shape index (κ1) is 39.7. The molecule has 4 aromatic rings. The van der Waals surface area contributed by atoms with Crippen molar-refractivity contribution >= 4 is 27.7 Å². The van der Waals surface area contributed by atoms with Gasteiger partial charge < -0.3 is 14.8 Å². The maximum atomic E-state index is 14.0. The quantitative estimate of drug-likeness (QED) is 0.0787. The standard InChI is InChI=1S/C36H41F4N5O4S2/c1-4-44(5-2)20-21-45(23-25-6-10-27(11-7-25)28-12-14-29(15-13-28)36(38,39)40)33(46)22-32-31(18-19-41-51(3,48)49)34(47)43-35(42-32)50-24-26-8-16-30(37)17-9-26/h6-17,41H,4-5,18-24H2,1-3H3,(H,42,43,47). The highest BCUT2D eigenvalue weighted by Crippen LogP contribution is 2.31. The molecule has 0 aliphatic carbocycles. The van der Waals surface area contributed by atoms with Gasteiger partial charge in [-0.15, -0.1) is 0 Å². The van der Waals surface area contributed by atoms with Crippen molar-refractivity contribution in [3.63, 3.8) is 0 Å². The molecule has 0 atom stereocenters. The van der Waals surface area contributed by atoms with Crippen molar-refractivity contribution in [1.82, 2.24) is 24.5 Å². The van der Waals surface area contributed by atoms with E-state index < -0.39 is 27.3 Å². The number of hydrogen-bond donors (Lipinski definition) is 2. The molecule has 1 aromatic heterocycles. The molecular formula is C36H41F4N5O4S2. The number of nitrogens with zero attached hydrogens (tertiary/aromatic N) is 3. The van der Waals surface area contributed by atoms with Crippen LogP contribution in [0.1, 0.15) is 41.8 Å². The number of benzene rings is 3. The molecule has 0 aliphatic heterocycles. The summed E-state index contributed by atoms with van der Waals surface area (Å²) in [6.45, 7) is 6.74. The summed E-state index contributed by atoms with van der Waals surface area (Å²) in [5, 5.41) is 0.264. The van der Waals surface area contributed by atoms with Gasteiger partial charge in [0.15, 0.2) is 5.16 Å². The van der Waals surface area contributed by atoms with Gasteiger partial charge in [0, 0.05) is 37.5 Å². The number of thioether (sulfide) groups is 1. The maximum absolute atomic E-state index is 14.0. The lowest BCUT2D eigenvalue weighted by Gasteiger charge is -2.27. The Kier molecular flexibility index (Phi) is 14.0. The molecule has 0 aliphatic rings. The Morgan fingerprint density at radius 1 is 0.902 bits per heavy atom. The summed E-state index contributed by atoms with van der Waals surface area (Å²) in [6, 6.07) is 18.1. The number of aromatic amines is 1. The first-order chi connectivity index (χ1) is 24.1. The number of rotatable bonds is 17. The maximum Gasteiger partial charge on any atom is 0.416 e. The minimum absolute atomic E-state index is 0.00574. The molecule has 9 nitrogen and oxygen atoms in total. The van der Waals surface area contributed by atoms with Crippen molar-refractivity contribution in [3.05, 3.63) is 117 Å². The largest absolute Gasteiger partial charge is 0.416 e. The van der Waals surface area contributed by atoms with Crippen LogP contribution in [0.5, 0.6) is 0 Å². The third kappa shape index (κ3) is 12.3. The van der Waals surface area contributed by atoms with E-state index in [-0.39, 0.29) is 54.1 Å². The molecule has 51 heavy (non-hydrogen) atoms. The lowest BCUT2D eigenvalue weighted by Crippen LogP contribution is -2.39. The van der Waals surface area contributed by atoms with Crippen molar-refractivity contribution in [2.45, 2.75) is 50.3 Å². The molecule has 0 spiro atoms. The number of amides is 1. The van der Waals surface area contributed by atoms with Crippen LogP contribution < -0.4 is 10.3 Å². The molecule has 0 fully saturated rings. The SMILES string of the molecule is CCN(CC)CCN(Cc1ccc(-c2ccc(C(F)(F)F)cc2)cc1)C(=O)Cc1nc(SCc2ccc(F)cc2)[nH]c(=O)c1CCNS(C)(=O)=O. The molecule has 0 saturated carbocycles. The van der Waals surface area contributed by atoms with Crippen molar-refractivity contribution in [3.8, 4) is 11.1 Å².